The van der Waals surface area contributed by atoms with E-state index in [1.54, 1.807) is 6.20 Å². The number of sulfone groups is 1. The highest BCUT2D eigenvalue weighted by Crippen LogP contribution is 2.05. The quantitative estimate of drug-likeness (QED) is 0.727. The number of rotatable bonds is 3. The van der Waals surface area contributed by atoms with Crippen molar-refractivity contribution < 1.29 is 8.42 Å². The van der Waals surface area contributed by atoms with Crippen LogP contribution in [0.3, 0.4) is 0 Å². The first-order chi connectivity index (χ1) is 5.92. The molecule has 1 rings (SSSR count). The minimum atomic E-state index is -2.96. The smallest absolute Gasteiger partial charge is 0.153 e. The Bertz CT molecular complexity index is 392. The van der Waals surface area contributed by atoms with Crippen molar-refractivity contribution in [3.05, 3.63) is 17.7 Å². The number of hydrogen-bond donors (Lipinski definition) is 0. The maximum atomic E-state index is 11.0. The second-order valence-corrected chi connectivity index (χ2v) is 5.28. The molecule has 0 unspecified atom stereocenters. The second kappa shape index (κ2) is 3.49. The van der Waals surface area contributed by atoms with E-state index in [1.807, 2.05) is 18.4 Å². The van der Waals surface area contributed by atoms with Crippen LogP contribution in [0, 0.1) is 6.92 Å². The van der Waals surface area contributed by atoms with E-state index < -0.39 is 9.84 Å². The molecular formula is C8H14N2O2S. The SMILES string of the molecule is CCn1cc(CS(C)(=O)=O)nc1C. The molecule has 0 aliphatic carbocycles. The van der Waals surface area contributed by atoms with E-state index in [0.29, 0.717) is 5.69 Å². The average Bonchev–Trinajstić information content (AvgIpc) is 2.26. The van der Waals surface area contributed by atoms with Crippen molar-refractivity contribution in [3.63, 3.8) is 0 Å². The van der Waals surface area contributed by atoms with E-state index in [-0.39, 0.29) is 5.75 Å². The van der Waals surface area contributed by atoms with Crippen LogP contribution in [0.25, 0.3) is 0 Å². The van der Waals surface area contributed by atoms with Crippen LogP contribution in [0.5, 0.6) is 0 Å². The van der Waals surface area contributed by atoms with Crippen molar-refractivity contribution >= 4 is 9.84 Å². The predicted octanol–water partition coefficient (Wildman–Crippen LogP) is 0.756. The average molecular weight is 202 g/mol. The third kappa shape index (κ3) is 2.84. The van der Waals surface area contributed by atoms with Crippen LogP contribution in [-0.4, -0.2) is 24.2 Å². The molecule has 0 aliphatic rings. The van der Waals surface area contributed by atoms with Gasteiger partial charge in [0.1, 0.15) is 5.82 Å². The molecule has 0 radical (unpaired) electrons. The van der Waals surface area contributed by atoms with Gasteiger partial charge in [-0.1, -0.05) is 0 Å². The second-order valence-electron chi connectivity index (χ2n) is 3.14. The summed E-state index contributed by atoms with van der Waals surface area (Å²) in [6.45, 7) is 4.69. The van der Waals surface area contributed by atoms with Crippen molar-refractivity contribution in [3.8, 4) is 0 Å². The zero-order valence-corrected chi connectivity index (χ0v) is 8.93. The molecule has 0 aromatic carbocycles. The number of nitrogens with zero attached hydrogens (tertiary/aromatic N) is 2. The van der Waals surface area contributed by atoms with Crippen LogP contribution in [0.15, 0.2) is 6.20 Å². The molecule has 74 valence electrons. The van der Waals surface area contributed by atoms with E-state index >= 15 is 0 Å². The summed E-state index contributed by atoms with van der Waals surface area (Å²) in [5, 5.41) is 0. The van der Waals surface area contributed by atoms with Gasteiger partial charge in [0, 0.05) is 19.0 Å². The standard InChI is InChI=1S/C8H14N2O2S/c1-4-10-5-8(9-7(10)2)6-13(3,11)12/h5H,4,6H2,1-3H3. The van der Waals surface area contributed by atoms with Crippen LogP contribution >= 0.6 is 0 Å². The third-order valence-electron chi connectivity index (χ3n) is 1.78. The molecule has 0 atom stereocenters. The maximum Gasteiger partial charge on any atom is 0.153 e. The summed E-state index contributed by atoms with van der Waals surface area (Å²) in [5.74, 6) is 0.891. The van der Waals surface area contributed by atoms with Crippen molar-refractivity contribution in [2.45, 2.75) is 26.1 Å². The highest BCUT2D eigenvalue weighted by atomic mass is 32.2. The predicted molar refractivity (Wildman–Crippen MR) is 51.2 cm³/mol. The molecule has 0 amide bonds. The summed E-state index contributed by atoms with van der Waals surface area (Å²) >= 11 is 0. The third-order valence-corrected chi connectivity index (χ3v) is 2.60. The molecule has 0 spiro atoms. The van der Waals surface area contributed by atoms with E-state index in [9.17, 15) is 8.42 Å². The highest BCUT2D eigenvalue weighted by molar-refractivity contribution is 7.89. The van der Waals surface area contributed by atoms with E-state index in [0.717, 1.165) is 12.4 Å². The molecule has 0 saturated heterocycles. The summed E-state index contributed by atoms with van der Waals surface area (Å²) < 4.78 is 23.9. The van der Waals surface area contributed by atoms with Gasteiger partial charge in [-0.25, -0.2) is 13.4 Å². The Kier molecular flexibility index (Phi) is 2.75. The van der Waals surface area contributed by atoms with Gasteiger partial charge in [-0.3, -0.25) is 0 Å². The number of hydrogen-bond acceptors (Lipinski definition) is 3. The summed E-state index contributed by atoms with van der Waals surface area (Å²) in [6, 6.07) is 0. The molecular weight excluding hydrogens is 188 g/mol. The van der Waals surface area contributed by atoms with Crippen molar-refractivity contribution in [2.75, 3.05) is 6.26 Å². The molecule has 0 bridgehead atoms. The van der Waals surface area contributed by atoms with E-state index in [4.69, 9.17) is 0 Å². The first-order valence-electron chi connectivity index (χ1n) is 4.12. The Morgan fingerprint density at radius 1 is 1.54 bits per heavy atom. The first-order valence-corrected chi connectivity index (χ1v) is 6.19. The molecule has 5 heteroatoms. The van der Waals surface area contributed by atoms with E-state index in [2.05, 4.69) is 4.98 Å². The van der Waals surface area contributed by atoms with Crippen LogP contribution < -0.4 is 0 Å². The molecule has 13 heavy (non-hydrogen) atoms. The Morgan fingerprint density at radius 3 is 2.54 bits per heavy atom. The Hall–Kier alpha value is -0.840. The molecule has 1 aromatic heterocycles. The minimum Gasteiger partial charge on any atom is -0.335 e. The molecule has 4 nitrogen and oxygen atoms in total. The minimum absolute atomic E-state index is 0.0286. The lowest BCUT2D eigenvalue weighted by Crippen LogP contribution is -2.00. The van der Waals surface area contributed by atoms with Crippen molar-refractivity contribution in [2.24, 2.45) is 0 Å². The van der Waals surface area contributed by atoms with Crippen molar-refractivity contribution in [1.29, 1.82) is 0 Å². The molecule has 0 N–H and O–H groups in total. The Labute approximate surface area is 78.5 Å². The Morgan fingerprint density at radius 2 is 2.15 bits per heavy atom. The number of imidazole rings is 1. The monoisotopic (exact) mass is 202 g/mol. The molecule has 0 saturated carbocycles. The van der Waals surface area contributed by atoms with Crippen LogP contribution in [0.2, 0.25) is 0 Å². The number of aryl methyl sites for hydroxylation is 2. The van der Waals surface area contributed by atoms with Gasteiger partial charge in [-0.2, -0.15) is 0 Å². The van der Waals surface area contributed by atoms with Gasteiger partial charge in [0.15, 0.2) is 9.84 Å². The maximum absolute atomic E-state index is 11.0. The lowest BCUT2D eigenvalue weighted by molar-refractivity contribution is 0.600. The van der Waals surface area contributed by atoms with Gasteiger partial charge in [-0.15, -0.1) is 0 Å². The van der Waals surface area contributed by atoms with Gasteiger partial charge in [0.05, 0.1) is 11.4 Å². The Balaban J connectivity index is 2.92. The van der Waals surface area contributed by atoms with Crippen LogP contribution in [-0.2, 0) is 22.1 Å². The molecule has 0 aliphatic heterocycles. The zero-order chi connectivity index (χ0) is 10.1. The van der Waals surface area contributed by atoms with Crippen LogP contribution in [0.4, 0.5) is 0 Å². The lowest BCUT2D eigenvalue weighted by Gasteiger charge is -1.95. The lowest BCUT2D eigenvalue weighted by atomic mass is 10.5. The van der Waals surface area contributed by atoms with Gasteiger partial charge in [-0.05, 0) is 13.8 Å². The van der Waals surface area contributed by atoms with Crippen LogP contribution in [0.1, 0.15) is 18.4 Å². The topological polar surface area (TPSA) is 52.0 Å². The van der Waals surface area contributed by atoms with Gasteiger partial charge in [0.25, 0.3) is 0 Å². The summed E-state index contributed by atoms with van der Waals surface area (Å²) in [7, 11) is -2.96. The van der Waals surface area contributed by atoms with Gasteiger partial charge < -0.3 is 4.57 Å². The van der Waals surface area contributed by atoms with Gasteiger partial charge in [0.2, 0.25) is 0 Å². The normalized spacial score (nSPS) is 11.9. The fraction of sp³-hybridized carbons (Fsp3) is 0.625. The first kappa shape index (κ1) is 10.2. The fourth-order valence-corrected chi connectivity index (χ4v) is 1.91. The summed E-state index contributed by atoms with van der Waals surface area (Å²) in [4.78, 5) is 4.15. The molecule has 0 fully saturated rings. The van der Waals surface area contributed by atoms with Gasteiger partial charge >= 0.3 is 0 Å². The summed E-state index contributed by atoms with van der Waals surface area (Å²) in [5.41, 5.74) is 0.627. The highest BCUT2D eigenvalue weighted by Gasteiger charge is 2.08. The fourth-order valence-electron chi connectivity index (χ4n) is 1.23. The number of aromatic nitrogens is 2. The molecule has 1 aromatic rings. The van der Waals surface area contributed by atoms with E-state index in [1.165, 1.54) is 6.26 Å². The van der Waals surface area contributed by atoms with Crippen molar-refractivity contribution in [1.82, 2.24) is 9.55 Å². The zero-order valence-electron chi connectivity index (χ0n) is 8.11. The largest absolute Gasteiger partial charge is 0.335 e. The summed E-state index contributed by atoms with van der Waals surface area (Å²) in [6.07, 6.45) is 3.00. The molecule has 1 heterocycles.